The van der Waals surface area contributed by atoms with Gasteiger partial charge in [-0.3, -0.25) is 19.1 Å². The van der Waals surface area contributed by atoms with Crippen LogP contribution in [-0.4, -0.2) is 96.6 Å². The Labute approximate surface area is 338 Å². The minimum absolute atomic E-state index is 0.0142. The Balaban J connectivity index is 0.000000277. The van der Waals surface area contributed by atoms with Crippen LogP contribution in [0.3, 0.4) is 0 Å². The molecule has 2 aliphatic heterocycles. The first kappa shape index (κ1) is 48.1. The quantitative estimate of drug-likeness (QED) is 0.0718. The number of nitrogens with one attached hydrogen (secondary N) is 3. The summed E-state index contributed by atoms with van der Waals surface area (Å²) in [6, 6.07) is 4.54. The number of aryl methyl sites for hydroxylation is 1. The van der Waals surface area contributed by atoms with Gasteiger partial charge in [0.05, 0.1) is 31.8 Å². The van der Waals surface area contributed by atoms with Crippen LogP contribution in [-0.2, 0) is 14.4 Å². The molecule has 0 bridgehead atoms. The third-order valence-corrected chi connectivity index (χ3v) is 11.1. The van der Waals surface area contributed by atoms with Crippen LogP contribution in [0.25, 0.3) is 10.9 Å². The number of carbonyl (C=O) groups excluding carboxylic acids is 4. The number of hydrogen-bond donors (Lipinski definition) is 4. The van der Waals surface area contributed by atoms with Gasteiger partial charge in [0.2, 0.25) is 11.8 Å². The summed E-state index contributed by atoms with van der Waals surface area (Å²) in [7, 11) is 3.11. The van der Waals surface area contributed by atoms with Crippen molar-refractivity contribution in [2.45, 2.75) is 117 Å². The number of nitrogens with zero attached hydrogens (tertiary/aromatic N) is 2. The number of ether oxygens (including phenoxy) is 2. The number of nitrogens with two attached hydrogens (primary N) is 1. The molecule has 2 saturated carbocycles. The van der Waals surface area contributed by atoms with E-state index in [4.69, 9.17) is 9.47 Å². The van der Waals surface area contributed by atoms with Gasteiger partial charge < -0.3 is 40.1 Å². The smallest absolute Gasteiger partial charge is 0.317 e. The standard InChI is InChI=1S/C15H25NOS.C13H15NO3.C11H17N3O3.C2H6.CH5N/c1-3-4-5-6-7-8-12-11-13(12)14(17)16-18-15(2)9-10-15;1-4-17-12-7-10(15)9-5-6-11(16-3)8(2)13(9)14-12;15-8-9-3-1-6-14(9)10(16)7-12-11(17)13-4-2-5-13;2*1-2/h7-8,12-13H,3-6,9-11H2,1-2H3,(H,16,17);5-7H,4H2,1-3H3,(H,14,15);8-9H,1-7H2,(H,12,17);1-2H3;2H2,1H3/b8-7-;;;;. The number of benzene rings is 1. The van der Waals surface area contributed by atoms with Crippen molar-refractivity contribution < 1.29 is 28.7 Å². The minimum Gasteiger partial charge on any atom is -0.496 e. The zero-order valence-corrected chi connectivity index (χ0v) is 35.9. The van der Waals surface area contributed by atoms with Crippen molar-refractivity contribution in [1.29, 1.82) is 0 Å². The Hall–Kier alpha value is -4.04. The summed E-state index contributed by atoms with van der Waals surface area (Å²) in [6.45, 7) is 14.9. The van der Waals surface area contributed by atoms with E-state index in [0.717, 1.165) is 61.9 Å². The number of fused-ring (bicyclic) bond motifs is 1. The summed E-state index contributed by atoms with van der Waals surface area (Å²) < 4.78 is 13.9. The summed E-state index contributed by atoms with van der Waals surface area (Å²) in [5.74, 6) is 2.08. The van der Waals surface area contributed by atoms with Gasteiger partial charge in [-0.2, -0.15) is 0 Å². The first-order valence-electron chi connectivity index (χ1n) is 20.4. The van der Waals surface area contributed by atoms with Crippen LogP contribution in [0.1, 0.15) is 104 Å². The lowest BCUT2D eigenvalue weighted by atomic mass is 10.1. The fraction of sp³-hybridized carbons (Fsp3) is 0.643. The lowest BCUT2D eigenvalue weighted by molar-refractivity contribution is -0.133. The molecular weight excluding hydrogens is 733 g/mol. The van der Waals surface area contributed by atoms with E-state index in [-0.39, 0.29) is 41.8 Å². The first-order valence-corrected chi connectivity index (χ1v) is 21.2. The second-order valence-corrected chi connectivity index (χ2v) is 15.5. The third-order valence-electron chi connectivity index (χ3n) is 9.91. The second-order valence-electron chi connectivity index (χ2n) is 14.1. The number of urea groups is 1. The molecule has 5 N–H and O–H groups in total. The third kappa shape index (κ3) is 15.1. The molecule has 2 saturated heterocycles. The van der Waals surface area contributed by atoms with E-state index in [0.29, 0.717) is 35.1 Å². The summed E-state index contributed by atoms with van der Waals surface area (Å²) in [5.41, 5.74) is 6.12. The molecule has 6 rings (SSSR count). The van der Waals surface area contributed by atoms with Crippen molar-refractivity contribution in [2.24, 2.45) is 17.6 Å². The number of allylic oxidation sites excluding steroid dienone is 2. The number of aromatic nitrogens is 1. The number of aldehydes is 1. The average molecular weight is 801 g/mol. The predicted octanol–water partition coefficient (Wildman–Crippen LogP) is 6.51. The molecule has 2 aromatic rings. The van der Waals surface area contributed by atoms with Crippen molar-refractivity contribution in [3.05, 3.63) is 46.1 Å². The molecule has 0 radical (unpaired) electrons. The Morgan fingerprint density at radius 3 is 2.39 bits per heavy atom. The summed E-state index contributed by atoms with van der Waals surface area (Å²) in [4.78, 5) is 64.0. The number of rotatable bonds is 14. The van der Waals surface area contributed by atoms with E-state index in [9.17, 15) is 24.0 Å². The molecule has 56 heavy (non-hydrogen) atoms. The van der Waals surface area contributed by atoms with E-state index < -0.39 is 0 Å². The lowest BCUT2D eigenvalue weighted by Gasteiger charge is -2.31. The van der Waals surface area contributed by atoms with Gasteiger partial charge in [-0.15, -0.1) is 0 Å². The van der Waals surface area contributed by atoms with E-state index in [1.807, 2.05) is 27.7 Å². The molecule has 1 aromatic heterocycles. The molecule has 4 fully saturated rings. The molecule has 1 aromatic carbocycles. The Morgan fingerprint density at radius 1 is 1.09 bits per heavy atom. The van der Waals surface area contributed by atoms with Gasteiger partial charge in [0.1, 0.15) is 12.0 Å². The molecule has 3 unspecified atom stereocenters. The van der Waals surface area contributed by atoms with E-state index in [1.54, 1.807) is 41.0 Å². The number of unbranched alkanes of at least 4 members (excludes halogenated alkanes) is 3. The molecule has 4 amide bonds. The number of hydrogen-bond acceptors (Lipinski definition) is 9. The number of likely N-dealkylation sites (tertiary alicyclic amines) is 2. The maximum absolute atomic E-state index is 11.9. The number of carbonyl (C=O) groups is 4. The van der Waals surface area contributed by atoms with E-state index in [2.05, 4.69) is 46.8 Å². The molecular formula is C42H68N6O7S. The van der Waals surface area contributed by atoms with Crippen LogP contribution in [0.5, 0.6) is 11.6 Å². The van der Waals surface area contributed by atoms with Gasteiger partial charge in [-0.1, -0.05) is 45.8 Å². The fourth-order valence-corrected chi connectivity index (χ4v) is 6.84. The van der Waals surface area contributed by atoms with Gasteiger partial charge in [-0.25, -0.2) is 4.79 Å². The highest BCUT2D eigenvalue weighted by Gasteiger charge is 2.44. The molecule has 14 heteroatoms. The molecule has 4 aliphatic rings. The normalized spacial score (nSPS) is 19.6. The maximum Gasteiger partial charge on any atom is 0.317 e. The van der Waals surface area contributed by atoms with Gasteiger partial charge in [0, 0.05) is 47.3 Å². The maximum atomic E-state index is 11.9. The molecule has 3 heterocycles. The van der Waals surface area contributed by atoms with E-state index >= 15 is 0 Å². The monoisotopic (exact) mass is 800 g/mol. The predicted molar refractivity (Wildman–Crippen MR) is 227 cm³/mol. The minimum atomic E-state index is -0.302. The van der Waals surface area contributed by atoms with Crippen LogP contribution in [0, 0.1) is 18.8 Å². The molecule has 2 aliphatic carbocycles. The number of H-pyrrole nitrogens is 1. The average Bonchev–Trinajstić information content (AvgIpc) is 4.09. The summed E-state index contributed by atoms with van der Waals surface area (Å²) in [6.07, 6.45) is 16.5. The van der Waals surface area contributed by atoms with Gasteiger partial charge in [0.25, 0.3) is 0 Å². The van der Waals surface area contributed by atoms with Gasteiger partial charge in [-0.05, 0) is 109 Å². The number of pyridine rings is 1. The second kappa shape index (κ2) is 25.3. The topological polar surface area (TPSA) is 176 Å². The highest BCUT2D eigenvalue weighted by Crippen LogP contribution is 2.47. The van der Waals surface area contributed by atoms with Crippen LogP contribution < -0.4 is 30.7 Å². The number of amides is 4. The van der Waals surface area contributed by atoms with Gasteiger partial charge in [0.15, 0.2) is 11.3 Å². The highest BCUT2D eigenvalue weighted by atomic mass is 32.2. The lowest BCUT2D eigenvalue weighted by Crippen LogP contribution is -2.51. The van der Waals surface area contributed by atoms with Crippen LogP contribution >= 0.6 is 11.9 Å². The number of aromatic amines is 1. The van der Waals surface area contributed by atoms with Crippen molar-refractivity contribution in [2.75, 3.05) is 46.9 Å². The van der Waals surface area contributed by atoms with E-state index in [1.165, 1.54) is 51.6 Å². The fourth-order valence-electron chi connectivity index (χ4n) is 6.04. The summed E-state index contributed by atoms with van der Waals surface area (Å²) in [5, 5.41) is 3.23. The van der Waals surface area contributed by atoms with Gasteiger partial charge >= 0.3 is 6.03 Å². The van der Waals surface area contributed by atoms with Crippen molar-refractivity contribution >= 4 is 47.0 Å². The zero-order valence-electron chi connectivity index (χ0n) is 35.0. The largest absolute Gasteiger partial charge is 0.496 e. The molecule has 0 spiro atoms. The number of methoxy groups -OCH3 is 1. The summed E-state index contributed by atoms with van der Waals surface area (Å²) >= 11 is 1.63. The Bertz CT molecular complexity index is 1620. The van der Waals surface area contributed by atoms with Crippen molar-refractivity contribution in [3.63, 3.8) is 0 Å². The van der Waals surface area contributed by atoms with Crippen molar-refractivity contribution in [1.82, 2.24) is 24.8 Å². The zero-order chi connectivity index (χ0) is 41.7. The van der Waals surface area contributed by atoms with Crippen LogP contribution in [0.15, 0.2) is 35.1 Å². The highest BCUT2D eigenvalue weighted by molar-refractivity contribution is 7.99. The molecule has 13 nitrogen and oxygen atoms in total. The molecule has 314 valence electrons. The Morgan fingerprint density at radius 2 is 1.80 bits per heavy atom. The van der Waals surface area contributed by atoms with Crippen molar-refractivity contribution in [3.8, 4) is 11.6 Å². The SMILES string of the molecule is CC.CCCCC/C=C\C1CC1C(=O)NSC1(C)CC1.CCOc1cc(=O)c2ccc(OC)c(C)c2[nH]1.CN.O=CC1CCCN1C(=O)CNC(=O)N1CCC1. The molecule has 3 atom stereocenters. The van der Waals surface area contributed by atoms with Crippen LogP contribution in [0.4, 0.5) is 4.79 Å². The Kier molecular flexibility index (Phi) is 21.7. The first-order chi connectivity index (χ1) is 27.0. The van der Waals surface area contributed by atoms with Crippen LogP contribution in [0.2, 0.25) is 0 Å².